The van der Waals surface area contributed by atoms with Crippen LogP contribution in [0.25, 0.3) is 16.9 Å². The minimum absolute atomic E-state index is 0.292. The predicted octanol–water partition coefficient (Wildman–Crippen LogP) is 2.44. The van der Waals surface area contributed by atoms with Crippen molar-refractivity contribution in [3.63, 3.8) is 0 Å². The average molecular weight is 239 g/mol. The van der Waals surface area contributed by atoms with Crippen LogP contribution >= 0.6 is 0 Å². The summed E-state index contributed by atoms with van der Waals surface area (Å²) in [6.07, 6.45) is 4.22. The summed E-state index contributed by atoms with van der Waals surface area (Å²) in [4.78, 5) is 0. The van der Waals surface area contributed by atoms with Gasteiger partial charge in [-0.3, -0.25) is 0 Å². The summed E-state index contributed by atoms with van der Waals surface area (Å²) in [7, 11) is 2.04. The number of phenolic OH excluding ortho intramolecular Hbond substituents is 1. The van der Waals surface area contributed by atoms with Gasteiger partial charge in [-0.1, -0.05) is 0 Å². The van der Waals surface area contributed by atoms with E-state index >= 15 is 0 Å². The van der Waals surface area contributed by atoms with Crippen molar-refractivity contribution in [2.45, 2.75) is 6.92 Å². The molecule has 0 aliphatic heterocycles. The summed E-state index contributed by atoms with van der Waals surface area (Å²) < 4.78 is 4.27. The fourth-order valence-electron chi connectivity index (χ4n) is 2.24. The molecule has 2 heterocycles. The zero-order valence-corrected chi connectivity index (χ0v) is 10.5. The summed E-state index contributed by atoms with van der Waals surface area (Å²) >= 11 is 0. The number of hydrogen-bond donors (Lipinski definition) is 1. The highest BCUT2D eigenvalue weighted by molar-refractivity contribution is 5.62. The van der Waals surface area contributed by atoms with Crippen LogP contribution in [0.2, 0.25) is 0 Å². The average Bonchev–Trinajstić information content (AvgIpc) is 2.67. The Morgan fingerprint density at radius 3 is 2.50 bits per heavy atom. The van der Waals surface area contributed by atoms with Crippen LogP contribution < -0.4 is 4.57 Å². The third kappa shape index (κ3) is 1.64. The molecule has 0 spiro atoms. The lowest BCUT2D eigenvalue weighted by Crippen LogP contribution is -2.25. The largest absolute Gasteiger partial charge is 0.508 e. The van der Waals surface area contributed by atoms with Crippen molar-refractivity contribution in [3.05, 3.63) is 54.4 Å². The molecule has 3 aromatic rings. The molecule has 0 radical (unpaired) electrons. The Bertz CT molecular complexity index is 711. The van der Waals surface area contributed by atoms with E-state index in [9.17, 15) is 5.11 Å². The summed E-state index contributed by atoms with van der Waals surface area (Å²) in [6, 6.07) is 11.5. The number of fused-ring (bicyclic) bond motifs is 1. The lowest BCUT2D eigenvalue weighted by molar-refractivity contribution is -0.644. The van der Waals surface area contributed by atoms with Gasteiger partial charge in [0.2, 0.25) is 0 Å². The maximum atomic E-state index is 9.35. The molecule has 0 amide bonds. The van der Waals surface area contributed by atoms with Gasteiger partial charge in [0.25, 0.3) is 5.65 Å². The zero-order chi connectivity index (χ0) is 12.7. The van der Waals surface area contributed by atoms with E-state index in [1.165, 1.54) is 5.56 Å². The number of rotatable bonds is 1. The van der Waals surface area contributed by atoms with Crippen LogP contribution in [0.4, 0.5) is 0 Å². The number of imidazole rings is 1. The molecule has 0 fully saturated rings. The first kappa shape index (κ1) is 10.8. The lowest BCUT2D eigenvalue weighted by atomic mass is 10.1. The van der Waals surface area contributed by atoms with Crippen molar-refractivity contribution in [1.29, 1.82) is 0 Å². The van der Waals surface area contributed by atoms with Gasteiger partial charge in [0.1, 0.15) is 11.9 Å². The first-order valence-electron chi connectivity index (χ1n) is 5.92. The van der Waals surface area contributed by atoms with Gasteiger partial charge in [0, 0.05) is 11.6 Å². The Morgan fingerprint density at radius 2 is 1.78 bits per heavy atom. The zero-order valence-electron chi connectivity index (χ0n) is 10.5. The van der Waals surface area contributed by atoms with Crippen molar-refractivity contribution in [2.75, 3.05) is 0 Å². The quantitative estimate of drug-likeness (QED) is 0.649. The van der Waals surface area contributed by atoms with E-state index in [1.807, 2.05) is 19.2 Å². The van der Waals surface area contributed by atoms with Crippen LogP contribution in [0.1, 0.15) is 5.56 Å². The number of benzene rings is 1. The molecule has 0 aliphatic rings. The first-order chi connectivity index (χ1) is 8.65. The third-order valence-electron chi connectivity index (χ3n) is 3.17. The Hall–Kier alpha value is -2.29. The van der Waals surface area contributed by atoms with E-state index in [2.05, 4.69) is 40.4 Å². The molecule has 0 saturated carbocycles. The number of hydrogen-bond acceptors (Lipinski definition) is 1. The van der Waals surface area contributed by atoms with Crippen LogP contribution in [-0.2, 0) is 7.05 Å². The van der Waals surface area contributed by atoms with E-state index in [-0.39, 0.29) is 0 Å². The van der Waals surface area contributed by atoms with E-state index < -0.39 is 0 Å². The molecule has 3 rings (SSSR count). The molecule has 0 bridgehead atoms. The van der Waals surface area contributed by atoms with Crippen molar-refractivity contribution >= 4 is 5.65 Å². The lowest BCUT2D eigenvalue weighted by Gasteiger charge is -1.97. The standard InChI is InChI=1S/C15H14N2O/c1-11-3-8-15-16(2)10-14(17(15)9-11)12-4-6-13(18)7-5-12/h3-10H,1-2H3/p+1. The van der Waals surface area contributed by atoms with E-state index in [1.54, 1.807) is 12.1 Å². The van der Waals surface area contributed by atoms with Crippen molar-refractivity contribution in [2.24, 2.45) is 7.05 Å². The fourth-order valence-corrected chi connectivity index (χ4v) is 2.24. The minimum Gasteiger partial charge on any atom is -0.508 e. The van der Waals surface area contributed by atoms with Crippen molar-refractivity contribution in [3.8, 4) is 17.0 Å². The monoisotopic (exact) mass is 239 g/mol. The number of nitrogens with zero attached hydrogens (tertiary/aromatic N) is 2. The van der Waals surface area contributed by atoms with Crippen molar-refractivity contribution < 1.29 is 9.67 Å². The van der Waals surface area contributed by atoms with Crippen molar-refractivity contribution in [1.82, 2.24) is 4.40 Å². The number of aryl methyl sites for hydroxylation is 2. The number of phenols is 1. The molecule has 0 atom stereocenters. The van der Waals surface area contributed by atoms with Gasteiger partial charge in [0.05, 0.1) is 13.2 Å². The molecule has 1 aromatic carbocycles. The first-order valence-corrected chi connectivity index (χ1v) is 5.92. The number of pyridine rings is 1. The summed E-state index contributed by atoms with van der Waals surface area (Å²) in [5, 5.41) is 9.35. The Kier molecular flexibility index (Phi) is 2.33. The van der Waals surface area contributed by atoms with Crippen LogP contribution in [0.3, 0.4) is 0 Å². The molecule has 3 nitrogen and oxygen atoms in total. The van der Waals surface area contributed by atoms with Gasteiger partial charge in [0.15, 0.2) is 5.69 Å². The van der Waals surface area contributed by atoms with Crippen LogP contribution in [0.15, 0.2) is 48.8 Å². The van der Waals surface area contributed by atoms with Crippen LogP contribution in [0.5, 0.6) is 5.75 Å². The van der Waals surface area contributed by atoms with E-state index in [0.29, 0.717) is 5.75 Å². The van der Waals surface area contributed by atoms with Gasteiger partial charge >= 0.3 is 0 Å². The normalized spacial score (nSPS) is 11.0. The van der Waals surface area contributed by atoms with Crippen LogP contribution in [-0.4, -0.2) is 9.51 Å². The summed E-state index contributed by atoms with van der Waals surface area (Å²) in [5.74, 6) is 0.292. The maximum Gasteiger partial charge on any atom is 0.286 e. The van der Waals surface area contributed by atoms with Gasteiger partial charge in [-0.05, 0) is 42.8 Å². The topological polar surface area (TPSA) is 28.5 Å². The third-order valence-corrected chi connectivity index (χ3v) is 3.17. The second-order valence-electron chi connectivity index (χ2n) is 4.61. The highest BCUT2D eigenvalue weighted by atomic mass is 16.3. The molecule has 18 heavy (non-hydrogen) atoms. The fraction of sp³-hybridized carbons (Fsp3) is 0.133. The van der Waals surface area contributed by atoms with E-state index in [4.69, 9.17) is 0 Å². The molecule has 0 unspecified atom stereocenters. The molecular weight excluding hydrogens is 224 g/mol. The second kappa shape index (κ2) is 3.88. The molecule has 3 heteroatoms. The molecular formula is C15H15N2O+. The highest BCUT2D eigenvalue weighted by Crippen LogP contribution is 2.22. The summed E-state index contributed by atoms with van der Waals surface area (Å²) in [5.41, 5.74) is 4.58. The van der Waals surface area contributed by atoms with Gasteiger partial charge in [-0.2, -0.15) is 4.40 Å². The Labute approximate surface area is 106 Å². The Balaban J connectivity index is 2.28. The molecule has 0 saturated heterocycles. The smallest absolute Gasteiger partial charge is 0.286 e. The molecule has 90 valence electrons. The summed E-state index contributed by atoms with van der Waals surface area (Å²) in [6.45, 7) is 2.08. The Morgan fingerprint density at radius 1 is 1.06 bits per heavy atom. The molecule has 1 N–H and O–H groups in total. The predicted molar refractivity (Wildman–Crippen MR) is 70.4 cm³/mol. The molecule has 0 aliphatic carbocycles. The SMILES string of the molecule is Cc1ccc2n(c1)c(-c1ccc(O)cc1)c[n+]2C. The second-order valence-corrected chi connectivity index (χ2v) is 4.61. The van der Waals surface area contributed by atoms with Gasteiger partial charge in [-0.15, -0.1) is 0 Å². The minimum atomic E-state index is 0.292. The number of aromatic nitrogens is 2. The maximum absolute atomic E-state index is 9.35. The van der Waals surface area contributed by atoms with Crippen LogP contribution in [0, 0.1) is 6.92 Å². The highest BCUT2D eigenvalue weighted by Gasteiger charge is 2.15. The van der Waals surface area contributed by atoms with E-state index in [0.717, 1.165) is 16.9 Å². The van der Waals surface area contributed by atoms with Gasteiger partial charge in [-0.25, -0.2) is 4.57 Å². The number of aromatic hydroxyl groups is 1. The molecule has 2 aromatic heterocycles. The van der Waals surface area contributed by atoms with Gasteiger partial charge < -0.3 is 5.11 Å².